The van der Waals surface area contributed by atoms with Gasteiger partial charge in [-0.05, 0) is 30.7 Å². The average Bonchev–Trinajstić information content (AvgIpc) is 2.97. The van der Waals surface area contributed by atoms with Crippen LogP contribution in [0.2, 0.25) is 0 Å². The second-order valence-corrected chi connectivity index (χ2v) is 8.41. The molecule has 0 saturated carbocycles. The molecule has 0 unspecified atom stereocenters. The number of para-hydroxylation sites is 1. The fourth-order valence-electron chi connectivity index (χ4n) is 2.28. The number of fused-ring (bicyclic) bond motifs is 1. The van der Waals surface area contributed by atoms with E-state index >= 15 is 0 Å². The second-order valence-electron chi connectivity index (χ2n) is 5.27. The van der Waals surface area contributed by atoms with E-state index < -0.39 is 9.84 Å². The van der Waals surface area contributed by atoms with Crippen LogP contribution >= 0.6 is 11.3 Å². The minimum absolute atomic E-state index is 0.0513. The van der Waals surface area contributed by atoms with Gasteiger partial charge < -0.3 is 5.32 Å². The first-order chi connectivity index (χ1) is 11.5. The van der Waals surface area contributed by atoms with Gasteiger partial charge >= 0.3 is 0 Å². The highest BCUT2D eigenvalue weighted by Gasteiger charge is 2.15. The average molecular weight is 360 g/mol. The Bertz CT molecular complexity index is 917. The number of hydrogen-bond acceptors (Lipinski definition) is 5. The Kier molecular flexibility index (Phi) is 4.92. The van der Waals surface area contributed by atoms with E-state index in [1.807, 2.05) is 24.3 Å². The molecular formula is C17H16N2O3S2. The fraction of sp³-hybridized carbons (Fsp3) is 0.176. The lowest BCUT2D eigenvalue weighted by Crippen LogP contribution is -2.14. The van der Waals surface area contributed by atoms with Crippen molar-refractivity contribution in [3.63, 3.8) is 0 Å². The van der Waals surface area contributed by atoms with Gasteiger partial charge in [0.1, 0.15) is 0 Å². The molecule has 1 amide bonds. The van der Waals surface area contributed by atoms with Crippen molar-refractivity contribution in [1.82, 2.24) is 4.98 Å². The van der Waals surface area contributed by atoms with Gasteiger partial charge in [-0.1, -0.05) is 41.7 Å². The van der Waals surface area contributed by atoms with Crippen molar-refractivity contribution in [3.8, 4) is 0 Å². The summed E-state index contributed by atoms with van der Waals surface area (Å²) in [6.45, 7) is 0. The Morgan fingerprint density at radius 2 is 1.75 bits per heavy atom. The van der Waals surface area contributed by atoms with Crippen molar-refractivity contribution in [2.24, 2.45) is 0 Å². The largest absolute Gasteiger partial charge is 0.302 e. The molecule has 0 spiro atoms. The molecule has 124 valence electrons. The monoisotopic (exact) mass is 360 g/mol. The van der Waals surface area contributed by atoms with E-state index in [4.69, 9.17) is 0 Å². The van der Waals surface area contributed by atoms with E-state index in [1.165, 1.54) is 11.3 Å². The van der Waals surface area contributed by atoms with Gasteiger partial charge in [-0.2, -0.15) is 0 Å². The number of sulfone groups is 1. The van der Waals surface area contributed by atoms with Crippen LogP contribution in [0.15, 0.2) is 59.5 Å². The van der Waals surface area contributed by atoms with Gasteiger partial charge in [0.15, 0.2) is 15.0 Å². The maximum absolute atomic E-state index is 12.1. The van der Waals surface area contributed by atoms with Gasteiger partial charge in [0.05, 0.1) is 20.9 Å². The van der Waals surface area contributed by atoms with Crippen LogP contribution in [0.4, 0.5) is 5.13 Å². The molecule has 5 nitrogen and oxygen atoms in total. The van der Waals surface area contributed by atoms with Crippen LogP contribution < -0.4 is 5.32 Å². The van der Waals surface area contributed by atoms with Gasteiger partial charge in [0, 0.05) is 6.42 Å². The van der Waals surface area contributed by atoms with Crippen LogP contribution in [0.5, 0.6) is 0 Å². The summed E-state index contributed by atoms with van der Waals surface area (Å²) in [5.74, 6) is -0.276. The van der Waals surface area contributed by atoms with Crippen LogP contribution in [-0.2, 0) is 14.6 Å². The highest BCUT2D eigenvalue weighted by Crippen LogP contribution is 2.25. The topological polar surface area (TPSA) is 76.1 Å². The third-order valence-corrected chi connectivity index (χ3v) is 6.23. The highest BCUT2D eigenvalue weighted by atomic mass is 32.2. The van der Waals surface area contributed by atoms with Crippen molar-refractivity contribution in [1.29, 1.82) is 0 Å². The minimum atomic E-state index is -3.34. The smallest absolute Gasteiger partial charge is 0.226 e. The minimum Gasteiger partial charge on any atom is -0.302 e. The molecule has 0 radical (unpaired) electrons. The molecular weight excluding hydrogens is 344 g/mol. The second kappa shape index (κ2) is 7.11. The van der Waals surface area contributed by atoms with Crippen LogP contribution in [0.1, 0.15) is 12.8 Å². The first-order valence-corrected chi connectivity index (χ1v) is 9.95. The first kappa shape index (κ1) is 16.6. The molecule has 3 rings (SSSR count). The number of benzene rings is 2. The van der Waals surface area contributed by atoms with Crippen LogP contribution in [0.3, 0.4) is 0 Å². The predicted molar refractivity (Wildman–Crippen MR) is 96.0 cm³/mol. The molecule has 2 aromatic carbocycles. The summed E-state index contributed by atoms with van der Waals surface area (Å²) in [5, 5.41) is 3.27. The molecule has 0 bridgehead atoms. The van der Waals surface area contributed by atoms with Crippen molar-refractivity contribution < 1.29 is 13.2 Å². The molecule has 0 saturated heterocycles. The maximum Gasteiger partial charge on any atom is 0.226 e. The molecule has 1 N–H and O–H groups in total. The van der Waals surface area contributed by atoms with Crippen molar-refractivity contribution in [2.75, 3.05) is 11.1 Å². The Morgan fingerprint density at radius 1 is 1.04 bits per heavy atom. The summed E-state index contributed by atoms with van der Waals surface area (Å²) < 4.78 is 25.3. The summed E-state index contributed by atoms with van der Waals surface area (Å²) in [7, 11) is -3.34. The lowest BCUT2D eigenvalue weighted by Gasteiger charge is -2.04. The standard InChI is InChI=1S/C17H16N2O3S2/c20-16(19-17-18-14-9-4-5-10-15(14)23-17)11-6-12-24(21,22)13-7-2-1-3-8-13/h1-5,7-10H,6,11-12H2,(H,18,19,20). The quantitative estimate of drug-likeness (QED) is 0.730. The van der Waals surface area contributed by atoms with Gasteiger partial charge in [0.2, 0.25) is 5.91 Å². The molecule has 3 aromatic rings. The third kappa shape index (κ3) is 3.98. The van der Waals surface area contributed by atoms with E-state index in [1.54, 1.807) is 30.3 Å². The van der Waals surface area contributed by atoms with E-state index in [0.29, 0.717) is 5.13 Å². The number of carbonyl (C=O) groups is 1. The Labute approximate surface area is 144 Å². The zero-order valence-corrected chi connectivity index (χ0v) is 14.4. The number of hydrogen-bond donors (Lipinski definition) is 1. The molecule has 1 heterocycles. The van der Waals surface area contributed by atoms with Crippen LogP contribution in [-0.4, -0.2) is 25.1 Å². The van der Waals surface area contributed by atoms with Crippen LogP contribution in [0.25, 0.3) is 10.2 Å². The molecule has 0 atom stereocenters. The highest BCUT2D eigenvalue weighted by molar-refractivity contribution is 7.91. The molecule has 0 fully saturated rings. The van der Waals surface area contributed by atoms with Gasteiger partial charge in [0.25, 0.3) is 0 Å². The molecule has 0 aliphatic heterocycles. The lowest BCUT2D eigenvalue weighted by atomic mass is 10.3. The number of amides is 1. The van der Waals surface area contributed by atoms with E-state index in [9.17, 15) is 13.2 Å². The Balaban J connectivity index is 1.54. The summed E-state index contributed by atoms with van der Waals surface area (Å²) in [5.41, 5.74) is 0.837. The summed E-state index contributed by atoms with van der Waals surface area (Å²) >= 11 is 1.40. The number of anilines is 1. The number of aromatic nitrogens is 1. The van der Waals surface area contributed by atoms with E-state index in [-0.39, 0.29) is 29.4 Å². The summed E-state index contributed by atoms with van der Waals surface area (Å²) in [6, 6.07) is 15.9. The van der Waals surface area contributed by atoms with Crippen molar-refractivity contribution in [3.05, 3.63) is 54.6 Å². The summed E-state index contributed by atoms with van der Waals surface area (Å²) in [6.07, 6.45) is 0.413. The molecule has 7 heteroatoms. The first-order valence-electron chi connectivity index (χ1n) is 7.48. The number of thiazole rings is 1. The van der Waals surface area contributed by atoms with Crippen molar-refractivity contribution in [2.45, 2.75) is 17.7 Å². The van der Waals surface area contributed by atoms with E-state index in [2.05, 4.69) is 10.3 Å². The number of nitrogens with zero attached hydrogens (tertiary/aromatic N) is 1. The Hall–Kier alpha value is -2.25. The zero-order chi connectivity index (χ0) is 17.0. The van der Waals surface area contributed by atoms with Crippen LogP contribution in [0, 0.1) is 0 Å². The normalized spacial score (nSPS) is 11.5. The number of carbonyl (C=O) groups excluding carboxylic acids is 1. The molecule has 0 aliphatic carbocycles. The van der Waals surface area contributed by atoms with Crippen molar-refractivity contribution >= 4 is 42.4 Å². The van der Waals surface area contributed by atoms with Gasteiger partial charge in [-0.3, -0.25) is 4.79 Å². The third-order valence-electron chi connectivity index (χ3n) is 3.46. The van der Waals surface area contributed by atoms with Gasteiger partial charge in [-0.25, -0.2) is 13.4 Å². The zero-order valence-electron chi connectivity index (χ0n) is 12.8. The number of rotatable bonds is 6. The van der Waals surface area contributed by atoms with Gasteiger partial charge in [-0.15, -0.1) is 0 Å². The predicted octanol–water partition coefficient (Wildman–Crippen LogP) is 3.49. The molecule has 1 aromatic heterocycles. The molecule has 24 heavy (non-hydrogen) atoms. The molecule has 0 aliphatic rings. The fourth-order valence-corrected chi connectivity index (χ4v) is 4.49. The maximum atomic E-state index is 12.1. The number of nitrogens with one attached hydrogen (secondary N) is 1. The summed E-state index contributed by atoms with van der Waals surface area (Å²) in [4.78, 5) is 16.6. The Morgan fingerprint density at radius 3 is 2.50 bits per heavy atom. The SMILES string of the molecule is O=C(CCCS(=O)(=O)c1ccccc1)Nc1nc2ccccc2s1. The van der Waals surface area contributed by atoms with E-state index in [0.717, 1.165) is 10.2 Å². The lowest BCUT2D eigenvalue weighted by molar-refractivity contribution is -0.116.